The molecule has 2 rings (SSSR count). The van der Waals surface area contributed by atoms with Crippen LogP contribution in [0.1, 0.15) is 11.1 Å². The summed E-state index contributed by atoms with van der Waals surface area (Å²) in [5.41, 5.74) is 2.82. The van der Waals surface area contributed by atoms with Crippen LogP contribution in [0.3, 0.4) is 0 Å². The largest absolute Gasteiger partial charge is 0.381 e. The fourth-order valence-electron chi connectivity index (χ4n) is 1.77. The molecule has 0 fully saturated rings. The molecule has 0 spiro atoms. The molecule has 0 aliphatic carbocycles. The second kappa shape index (κ2) is 6.24. The molecule has 2 aromatic rings. The van der Waals surface area contributed by atoms with Gasteiger partial charge in [-0.3, -0.25) is 10.1 Å². The minimum Gasteiger partial charge on any atom is -0.381 e. The van der Waals surface area contributed by atoms with E-state index in [-0.39, 0.29) is 10.7 Å². The second-order valence-electron chi connectivity index (χ2n) is 4.36. The van der Waals surface area contributed by atoms with Crippen LogP contribution in [0.2, 0.25) is 5.02 Å². The summed E-state index contributed by atoms with van der Waals surface area (Å²) in [6.45, 7) is 2.50. The van der Waals surface area contributed by atoms with Crippen molar-refractivity contribution in [2.45, 2.75) is 13.5 Å². The molecule has 0 atom stereocenters. The van der Waals surface area contributed by atoms with E-state index in [1.165, 1.54) is 6.07 Å². The van der Waals surface area contributed by atoms with Gasteiger partial charge < -0.3 is 5.32 Å². The van der Waals surface area contributed by atoms with Gasteiger partial charge in [-0.25, -0.2) is 0 Å². The average molecular weight is 356 g/mol. The predicted octanol–water partition coefficient (Wildman–Crippen LogP) is 4.93. The fourth-order valence-corrected chi connectivity index (χ4v) is 2.20. The number of hydrogen-bond donors (Lipinski definition) is 1. The summed E-state index contributed by atoms with van der Waals surface area (Å²) >= 11 is 9.22. The van der Waals surface area contributed by atoms with E-state index in [2.05, 4.69) is 21.2 Å². The first-order valence-electron chi connectivity index (χ1n) is 5.90. The molecule has 0 aliphatic rings. The van der Waals surface area contributed by atoms with E-state index in [4.69, 9.17) is 11.6 Å². The van der Waals surface area contributed by atoms with Gasteiger partial charge in [0.2, 0.25) is 0 Å². The molecule has 0 bridgehead atoms. The van der Waals surface area contributed by atoms with Crippen LogP contribution in [0.25, 0.3) is 0 Å². The monoisotopic (exact) mass is 354 g/mol. The quantitative estimate of drug-likeness (QED) is 0.625. The molecule has 0 radical (unpaired) electrons. The maximum absolute atomic E-state index is 10.8. The van der Waals surface area contributed by atoms with Gasteiger partial charge in [0, 0.05) is 22.8 Å². The lowest BCUT2D eigenvalue weighted by Crippen LogP contribution is -2.00. The minimum absolute atomic E-state index is 0.0713. The number of hydrogen-bond acceptors (Lipinski definition) is 3. The van der Waals surface area contributed by atoms with E-state index in [9.17, 15) is 10.1 Å². The van der Waals surface area contributed by atoms with E-state index in [1.54, 1.807) is 12.1 Å². The second-order valence-corrected chi connectivity index (χ2v) is 5.62. The number of aryl methyl sites for hydroxylation is 1. The van der Waals surface area contributed by atoms with Crippen LogP contribution < -0.4 is 5.32 Å². The van der Waals surface area contributed by atoms with Gasteiger partial charge in [-0.15, -0.1) is 0 Å². The van der Waals surface area contributed by atoms with Crippen molar-refractivity contribution < 1.29 is 4.92 Å². The zero-order chi connectivity index (χ0) is 14.7. The van der Waals surface area contributed by atoms with Crippen LogP contribution in [-0.4, -0.2) is 4.92 Å². The summed E-state index contributed by atoms with van der Waals surface area (Å²) in [6.07, 6.45) is 0. The van der Waals surface area contributed by atoms with Gasteiger partial charge in [-0.05, 0) is 42.3 Å². The topological polar surface area (TPSA) is 55.2 Å². The van der Waals surface area contributed by atoms with Crippen LogP contribution in [0, 0.1) is 17.0 Å². The maximum Gasteiger partial charge on any atom is 0.288 e. The molecule has 0 amide bonds. The third-order valence-corrected chi connectivity index (χ3v) is 4.07. The number of rotatable bonds is 4. The lowest BCUT2D eigenvalue weighted by atomic mass is 10.2. The van der Waals surface area contributed by atoms with E-state index >= 15 is 0 Å². The van der Waals surface area contributed by atoms with Crippen molar-refractivity contribution in [2.75, 3.05) is 5.32 Å². The molecular weight excluding hydrogens is 344 g/mol. The average Bonchev–Trinajstić information content (AvgIpc) is 2.41. The van der Waals surface area contributed by atoms with Gasteiger partial charge in [0.1, 0.15) is 5.02 Å². The third kappa shape index (κ3) is 3.49. The van der Waals surface area contributed by atoms with Crippen LogP contribution in [-0.2, 0) is 6.54 Å². The zero-order valence-corrected chi connectivity index (χ0v) is 13.0. The van der Waals surface area contributed by atoms with Gasteiger partial charge in [0.05, 0.1) is 4.92 Å². The Balaban J connectivity index is 2.12. The molecular formula is C14H12BrClN2O2. The summed E-state index contributed by atoms with van der Waals surface area (Å²) < 4.78 is 1.05. The smallest absolute Gasteiger partial charge is 0.288 e. The van der Waals surface area contributed by atoms with Gasteiger partial charge in [-0.1, -0.05) is 33.6 Å². The van der Waals surface area contributed by atoms with E-state index < -0.39 is 4.92 Å². The van der Waals surface area contributed by atoms with E-state index in [0.29, 0.717) is 6.54 Å². The Labute approximate surface area is 130 Å². The lowest BCUT2D eigenvalue weighted by molar-refractivity contribution is -0.384. The standard InChI is InChI=1S/C14H12BrClN2O2/c1-9-6-11(3-4-12(9)15)17-8-10-2-5-13(16)14(7-10)18(19)20/h2-7,17H,8H2,1H3. The summed E-state index contributed by atoms with van der Waals surface area (Å²) in [4.78, 5) is 10.3. The predicted molar refractivity (Wildman–Crippen MR) is 84.3 cm³/mol. The van der Waals surface area contributed by atoms with E-state index in [1.807, 2.05) is 25.1 Å². The van der Waals surface area contributed by atoms with Crippen molar-refractivity contribution in [3.05, 3.63) is 67.1 Å². The number of benzene rings is 2. The van der Waals surface area contributed by atoms with Gasteiger partial charge >= 0.3 is 0 Å². The molecule has 0 saturated heterocycles. The number of halogens is 2. The first kappa shape index (κ1) is 14.8. The van der Waals surface area contributed by atoms with E-state index in [0.717, 1.165) is 21.3 Å². The summed E-state index contributed by atoms with van der Waals surface area (Å²) in [6, 6.07) is 10.7. The first-order chi connectivity index (χ1) is 9.47. The van der Waals surface area contributed by atoms with Crippen LogP contribution in [0.5, 0.6) is 0 Å². The Morgan fingerprint density at radius 1 is 1.30 bits per heavy atom. The number of nitro groups is 1. The normalized spacial score (nSPS) is 10.3. The Morgan fingerprint density at radius 2 is 2.05 bits per heavy atom. The maximum atomic E-state index is 10.8. The van der Waals surface area contributed by atoms with Crippen molar-refractivity contribution in [1.82, 2.24) is 0 Å². The van der Waals surface area contributed by atoms with Crippen molar-refractivity contribution in [3.8, 4) is 0 Å². The van der Waals surface area contributed by atoms with Crippen molar-refractivity contribution in [3.63, 3.8) is 0 Å². The molecule has 6 heteroatoms. The van der Waals surface area contributed by atoms with Gasteiger partial charge in [0.25, 0.3) is 5.69 Å². The molecule has 0 unspecified atom stereocenters. The van der Waals surface area contributed by atoms with Gasteiger partial charge in [-0.2, -0.15) is 0 Å². The number of nitro benzene ring substituents is 1. The SMILES string of the molecule is Cc1cc(NCc2ccc(Cl)c([N+](=O)[O-])c2)ccc1Br. The molecule has 20 heavy (non-hydrogen) atoms. The summed E-state index contributed by atoms with van der Waals surface area (Å²) in [5, 5.41) is 14.2. The highest BCUT2D eigenvalue weighted by Crippen LogP contribution is 2.26. The third-order valence-electron chi connectivity index (χ3n) is 2.86. The zero-order valence-electron chi connectivity index (χ0n) is 10.7. The molecule has 104 valence electrons. The number of anilines is 1. The molecule has 2 aromatic carbocycles. The number of nitrogens with one attached hydrogen (secondary N) is 1. The van der Waals surface area contributed by atoms with Crippen molar-refractivity contribution in [1.29, 1.82) is 0 Å². The Hall–Kier alpha value is -1.59. The minimum atomic E-state index is -0.477. The van der Waals surface area contributed by atoms with Crippen molar-refractivity contribution in [2.24, 2.45) is 0 Å². The van der Waals surface area contributed by atoms with Gasteiger partial charge in [0.15, 0.2) is 0 Å². The molecule has 4 nitrogen and oxygen atoms in total. The molecule has 1 N–H and O–H groups in total. The van der Waals surface area contributed by atoms with Crippen LogP contribution >= 0.6 is 27.5 Å². The van der Waals surface area contributed by atoms with Crippen LogP contribution in [0.4, 0.5) is 11.4 Å². The Kier molecular flexibility index (Phi) is 4.62. The van der Waals surface area contributed by atoms with Crippen LogP contribution in [0.15, 0.2) is 40.9 Å². The number of nitrogens with zero attached hydrogens (tertiary/aromatic N) is 1. The highest BCUT2D eigenvalue weighted by Gasteiger charge is 2.12. The molecule has 0 aliphatic heterocycles. The highest BCUT2D eigenvalue weighted by molar-refractivity contribution is 9.10. The summed E-state index contributed by atoms with van der Waals surface area (Å²) in [7, 11) is 0. The molecule has 0 saturated carbocycles. The molecule has 0 heterocycles. The molecule has 0 aromatic heterocycles. The lowest BCUT2D eigenvalue weighted by Gasteiger charge is -2.08. The summed E-state index contributed by atoms with van der Waals surface area (Å²) in [5.74, 6) is 0. The first-order valence-corrected chi connectivity index (χ1v) is 7.07. The van der Waals surface area contributed by atoms with Crippen molar-refractivity contribution >= 4 is 38.9 Å². The highest BCUT2D eigenvalue weighted by atomic mass is 79.9. The Morgan fingerprint density at radius 3 is 2.70 bits per heavy atom. The Bertz CT molecular complexity index is 662. The fraction of sp³-hybridized carbons (Fsp3) is 0.143.